The highest BCUT2D eigenvalue weighted by Gasteiger charge is 2.44. The molecule has 744 valence electrons. The predicted octanol–water partition coefficient (Wildman–Crippen LogP) is 23.2. The van der Waals surface area contributed by atoms with Gasteiger partial charge in [0.1, 0.15) is 36.5 Å². The third-order valence-corrected chi connectivity index (χ3v) is 42.4. The second-order valence-corrected chi connectivity index (χ2v) is 51.4. The summed E-state index contributed by atoms with van der Waals surface area (Å²) in [5.74, 6) is 2.83. The molecule has 21 nitrogen and oxygen atoms in total. The van der Waals surface area contributed by atoms with Gasteiger partial charge in [-0.05, 0) is 139 Å². The third kappa shape index (κ3) is 26.8. The number of thiazole rings is 3. The molecule has 0 bridgehead atoms. The standard InChI is InChI=1S/C25H22NOP2.C25H22NP2S.C22H16N2OS.C13H9N4.2C11H11NO2S.C3H3F5NO4S2/c1-28(22-14-6-2-7-15-22,23-16-8-3-9-17-23)26-29(27,24-18-10-4-11-19-24)25-20-12-5-13-21-25;1-27(22-14-6-2-7-15-22,23-16-8-3-9-17-23)26-28(29,24-18-10-4-11-19-24)25-20-12-5-13-21-25;1-14(25)12-22-23-18-13-15(10-11-21(18)26-22)24-19-8-4-2-6-16(19)17-7-3-5-9-20(17)24;1-2-6-10(7-3-1)12-15-13(17-16-12)11-8-4-5-9-14-11;1-7(13)5-11-12-9-6-8(14-2)3-4-10(9)15-11;1-7(13)5-11-12-9-4-3-8(14-2)6-10(9)15-11;1-2(4,5)14(10,11)9-15(12,13)3(6,7)8/h2*2-21H,1H2;2-13,25H,1H3;1-9H;2*3-6,13H,1-2H3;1H3/q2*-1;;-1;;;-1/p-3/b;;14-12-;;2*7-5-;. The molecule has 146 heavy (non-hydrogen) atoms. The molecule has 0 saturated carbocycles. The summed E-state index contributed by atoms with van der Waals surface area (Å²) in [6.07, 6.45) is 13.3. The van der Waals surface area contributed by atoms with Gasteiger partial charge in [-0.25, -0.2) is 31.8 Å². The zero-order valence-electron chi connectivity index (χ0n) is 78.9. The van der Waals surface area contributed by atoms with E-state index in [4.69, 9.17) is 37.3 Å². The first-order valence-corrected chi connectivity index (χ1v) is 58.1. The normalized spacial score (nSPS) is 12.2. The summed E-state index contributed by atoms with van der Waals surface area (Å²) in [5.41, 5.74) is 1.78. The van der Waals surface area contributed by atoms with Gasteiger partial charge in [0.2, 0.25) is 0 Å². The van der Waals surface area contributed by atoms with Crippen LogP contribution in [0.1, 0.15) is 42.7 Å². The van der Waals surface area contributed by atoms with Crippen LogP contribution in [-0.4, -0.2) is 89.1 Å². The smallest absolute Gasteiger partial charge is 0.480 e. The number of halogens is 5. The van der Waals surface area contributed by atoms with E-state index >= 15 is 0 Å². The van der Waals surface area contributed by atoms with Crippen molar-refractivity contribution in [3.8, 4) is 40.1 Å². The fourth-order valence-electron chi connectivity index (χ4n) is 14.5. The lowest BCUT2D eigenvalue weighted by molar-refractivity contribution is -0.300. The van der Waals surface area contributed by atoms with Crippen LogP contribution in [0.15, 0.2) is 418 Å². The molecule has 0 saturated heterocycles. The fourth-order valence-corrected chi connectivity index (χ4v) is 34.0. The number of hydrogen-bond acceptors (Lipinski definition) is 20. The summed E-state index contributed by atoms with van der Waals surface area (Å²) in [5, 5.41) is 49.2. The molecule has 0 aliphatic carbocycles. The van der Waals surface area contributed by atoms with Gasteiger partial charge < -0.3 is 62.9 Å². The Labute approximate surface area is 859 Å². The molecule has 36 heteroatoms. The molecule has 0 aliphatic heterocycles. The minimum Gasteiger partial charge on any atom is -0.876 e. The summed E-state index contributed by atoms with van der Waals surface area (Å²) >= 11 is 10.9. The molecule has 0 aliphatic rings. The van der Waals surface area contributed by atoms with E-state index in [1.807, 2.05) is 255 Å². The highest BCUT2D eigenvalue weighted by molar-refractivity contribution is 8.27. The molecule has 0 unspecified atom stereocenters. The number of alkyl halides is 5. The Morgan fingerprint density at radius 3 is 1.16 bits per heavy atom. The van der Waals surface area contributed by atoms with Crippen molar-refractivity contribution < 1.29 is 68.1 Å². The van der Waals surface area contributed by atoms with Crippen molar-refractivity contribution in [3.05, 3.63) is 447 Å². The van der Waals surface area contributed by atoms with Crippen LogP contribution in [-0.2, 0) is 36.4 Å². The van der Waals surface area contributed by atoms with E-state index in [1.54, 1.807) is 44.8 Å². The monoisotopic (exact) mass is 2140 g/mol. The third-order valence-electron chi connectivity index (χ3n) is 21.5. The molecule has 14 aromatic carbocycles. The Kier molecular flexibility index (Phi) is 35.7. The van der Waals surface area contributed by atoms with Crippen LogP contribution in [0.4, 0.5) is 22.0 Å². The first kappa shape index (κ1) is 108. The molecule has 6 aromatic heterocycles. The second kappa shape index (κ2) is 48.3. The van der Waals surface area contributed by atoms with E-state index in [9.17, 15) is 58.7 Å². The summed E-state index contributed by atoms with van der Waals surface area (Å²) < 4.78 is 131. The number of allylic oxidation sites excluding steroid dienone is 3. The Morgan fingerprint density at radius 1 is 0.411 bits per heavy atom. The largest absolute Gasteiger partial charge is 0.876 e. The van der Waals surface area contributed by atoms with Crippen molar-refractivity contribution >= 4 is 219 Å². The van der Waals surface area contributed by atoms with Gasteiger partial charge in [-0.2, -0.15) is 22.0 Å². The van der Waals surface area contributed by atoms with Crippen molar-refractivity contribution in [1.29, 1.82) is 0 Å². The first-order valence-electron chi connectivity index (χ1n) is 44.5. The van der Waals surface area contributed by atoms with Gasteiger partial charge in [0.25, 0.3) is 0 Å². The van der Waals surface area contributed by atoms with E-state index in [2.05, 4.69) is 186 Å². The maximum atomic E-state index is 14.6. The molecule has 0 radical (unpaired) electrons. The van der Waals surface area contributed by atoms with Crippen LogP contribution in [0.5, 0.6) is 11.5 Å². The highest BCUT2D eigenvalue weighted by Crippen LogP contribution is 2.68. The van der Waals surface area contributed by atoms with Gasteiger partial charge >= 0.3 is 10.8 Å². The molecule has 0 N–H and O–H groups in total. The lowest BCUT2D eigenvalue weighted by Gasteiger charge is -2.48. The van der Waals surface area contributed by atoms with E-state index < -0.39 is 58.4 Å². The van der Waals surface area contributed by atoms with Crippen LogP contribution in [0.2, 0.25) is 0 Å². The van der Waals surface area contributed by atoms with Crippen LogP contribution in [0.25, 0.3) is 113 Å². The zero-order chi connectivity index (χ0) is 104. The average molecular weight is 2140 g/mol. The van der Waals surface area contributed by atoms with Crippen molar-refractivity contribution in [2.24, 2.45) is 0 Å². The number of aromatic nitrogens is 8. The van der Waals surface area contributed by atoms with Crippen LogP contribution in [0.3, 0.4) is 0 Å². The number of benzene rings is 14. The van der Waals surface area contributed by atoms with E-state index in [0.29, 0.717) is 11.6 Å². The van der Waals surface area contributed by atoms with E-state index in [1.165, 1.54) is 70.5 Å². The van der Waals surface area contributed by atoms with Gasteiger partial charge in [-0.3, -0.25) is 4.98 Å². The van der Waals surface area contributed by atoms with Gasteiger partial charge in [0, 0.05) is 47.3 Å². The first-order chi connectivity index (χ1) is 70.0. The Balaban J connectivity index is 0.000000137. The maximum Gasteiger partial charge on any atom is 0.480 e. The number of rotatable bonds is 23. The predicted molar refractivity (Wildman–Crippen MR) is 594 cm³/mol. The Bertz CT molecular complexity index is 7590. The Hall–Kier alpha value is -14.0. The molecule has 0 atom stereocenters. The number of hydrogen-bond donors (Lipinski definition) is 0. The highest BCUT2D eigenvalue weighted by atomic mass is 32.4. The lowest BCUT2D eigenvalue weighted by atomic mass is 10.2. The van der Waals surface area contributed by atoms with Gasteiger partial charge in [0.05, 0.1) is 68.9 Å². The number of methoxy groups -OCH3 is 2. The number of fused-ring (bicyclic) bond motifs is 6. The SMILES string of the molecule is C/C([O-])=C/c1nc2cc(-n3c4ccccc4c4ccccc43)ccc2s1.C=P([N-]P(=O)(c1ccccc1)c1ccccc1)(c1ccccc1)c1ccccc1.C=P([N-]P(=S)(c1ccccc1)c1ccccc1)(c1ccccc1)c1ccccc1.CC(F)(F)S(=O)(=O)[N-]S(=O)(=O)C(F)(F)F.COc1ccc2nc(/C=C(/C)[O-])sc2c1.COc1ccc2sc(/C=C(/C)[O-])nc2c1.c1ccc(-c2nnc(-c3ccccn3)[n-]2)cc1. The van der Waals surface area contributed by atoms with Crippen molar-refractivity contribution in [3.63, 3.8) is 0 Å². The number of sulfonamides is 2. The van der Waals surface area contributed by atoms with Crippen LogP contribution < -0.4 is 72.2 Å². The molecule has 20 aromatic rings. The topological polar surface area (TPSA) is 312 Å². The van der Waals surface area contributed by atoms with Gasteiger partial charge in [-0.15, -0.1) is 89.8 Å². The number of pyridine rings is 1. The Morgan fingerprint density at radius 2 is 0.760 bits per heavy atom. The molecule has 0 fully saturated rings. The second-order valence-electron chi connectivity index (χ2n) is 32.0. The summed E-state index contributed by atoms with van der Waals surface area (Å²) in [6.45, 7) is 4.30. The summed E-state index contributed by atoms with van der Waals surface area (Å²) in [7, 11) is -17.4. The van der Waals surface area contributed by atoms with Crippen molar-refractivity contribution in [2.45, 2.75) is 38.5 Å². The van der Waals surface area contributed by atoms with Gasteiger partial charge in [0.15, 0.2) is 10.0 Å². The molecular weight excluding hydrogens is 2050 g/mol. The van der Waals surface area contributed by atoms with E-state index in [-0.39, 0.29) is 24.2 Å². The number of para-hydroxylation sites is 2. The van der Waals surface area contributed by atoms with Crippen LogP contribution in [0, 0.1) is 0 Å². The molecule has 0 spiro atoms. The minimum absolute atomic E-state index is 0.0148. The average Bonchev–Trinajstić information content (AvgIpc) is 1.61. The quantitative estimate of drug-likeness (QED) is 0.0326. The number of ether oxygens (including phenoxy) is 2. The van der Waals surface area contributed by atoms with Crippen molar-refractivity contribution in [1.82, 2.24) is 39.7 Å². The molecule has 0 amide bonds. The lowest BCUT2D eigenvalue weighted by Crippen LogP contribution is -2.30. The van der Waals surface area contributed by atoms with Crippen LogP contribution >= 0.6 is 61.6 Å². The van der Waals surface area contributed by atoms with Crippen molar-refractivity contribution in [2.75, 3.05) is 14.2 Å². The molecular formula is C110H91F5N11O10P4S6-7. The van der Waals surface area contributed by atoms with E-state index in [0.717, 1.165) is 121 Å². The van der Waals surface area contributed by atoms with Gasteiger partial charge in [-0.1, -0.05) is 342 Å². The summed E-state index contributed by atoms with van der Waals surface area (Å²) in [4.78, 5) is 32.5. The fraction of sp³-hybridized carbons (Fsp3) is 0.0727. The summed E-state index contributed by atoms with van der Waals surface area (Å²) in [6, 6.07) is 131. The molecule has 20 rings (SSSR count). The number of nitrogens with zero attached hydrogens (tertiary/aromatic N) is 11. The molecule has 6 heterocycles. The minimum atomic E-state index is -6.48. The maximum absolute atomic E-state index is 14.6. The zero-order valence-corrected chi connectivity index (χ0v) is 87.4.